The molecular weight excluding hydrogens is 303 g/mol. The highest BCUT2D eigenvalue weighted by Crippen LogP contribution is 2.27. The minimum absolute atomic E-state index is 0.0437. The first-order valence-corrected chi connectivity index (χ1v) is 8.08. The van der Waals surface area contributed by atoms with Gasteiger partial charge >= 0.3 is 0 Å². The number of nitrogens with zero attached hydrogens (tertiary/aromatic N) is 2. The normalized spacial score (nSPS) is 13.9. The van der Waals surface area contributed by atoms with Crippen molar-refractivity contribution in [1.29, 1.82) is 0 Å². The third kappa shape index (κ3) is 4.24. The van der Waals surface area contributed by atoms with Gasteiger partial charge in [-0.15, -0.1) is 10.2 Å². The molecule has 0 spiro atoms. The van der Waals surface area contributed by atoms with E-state index in [4.69, 9.17) is 0 Å². The van der Waals surface area contributed by atoms with Gasteiger partial charge < -0.3 is 10.6 Å². The third-order valence-electron chi connectivity index (χ3n) is 3.45. The fourth-order valence-corrected chi connectivity index (χ4v) is 2.76. The van der Waals surface area contributed by atoms with Crippen LogP contribution in [0.4, 0.5) is 9.52 Å². The monoisotopic (exact) mass is 320 g/mol. The number of halogens is 1. The molecule has 0 aliphatic heterocycles. The molecule has 0 radical (unpaired) electrons. The van der Waals surface area contributed by atoms with Crippen LogP contribution < -0.4 is 10.6 Å². The summed E-state index contributed by atoms with van der Waals surface area (Å²) in [6.07, 6.45) is 2.83. The fourth-order valence-electron chi connectivity index (χ4n) is 2.00. The molecule has 1 amide bonds. The van der Waals surface area contributed by atoms with Crippen molar-refractivity contribution in [1.82, 2.24) is 15.5 Å². The molecule has 7 heteroatoms. The van der Waals surface area contributed by atoms with Gasteiger partial charge in [0.25, 0.3) is 0 Å². The van der Waals surface area contributed by atoms with Gasteiger partial charge in [0.15, 0.2) is 0 Å². The Labute approximate surface area is 132 Å². The van der Waals surface area contributed by atoms with Crippen molar-refractivity contribution in [3.05, 3.63) is 40.7 Å². The molecule has 22 heavy (non-hydrogen) atoms. The molecule has 5 nitrogen and oxygen atoms in total. The highest BCUT2D eigenvalue weighted by molar-refractivity contribution is 7.15. The number of amides is 1. The summed E-state index contributed by atoms with van der Waals surface area (Å²) in [5.41, 5.74) is 0.590. The van der Waals surface area contributed by atoms with Crippen molar-refractivity contribution >= 4 is 22.4 Å². The number of carbonyl (C=O) groups excluding carboxylic acids is 1. The summed E-state index contributed by atoms with van der Waals surface area (Å²) < 4.78 is 13.6. The third-order valence-corrected chi connectivity index (χ3v) is 4.33. The lowest BCUT2D eigenvalue weighted by molar-refractivity contribution is -0.119. The van der Waals surface area contributed by atoms with Crippen LogP contribution in [0.25, 0.3) is 0 Å². The van der Waals surface area contributed by atoms with Gasteiger partial charge in [0.2, 0.25) is 11.0 Å². The zero-order valence-corrected chi connectivity index (χ0v) is 12.8. The largest absolute Gasteiger partial charge is 0.354 e. The standard InChI is InChI=1S/C15H17FN4OS/c16-12-4-2-1-3-11(12)7-14-19-20-15(22-14)18-9-13(21)17-8-10-5-6-10/h1-4,10H,5-9H2,(H,17,21)(H,18,20). The molecule has 1 heterocycles. The molecule has 1 aliphatic rings. The van der Waals surface area contributed by atoms with E-state index in [-0.39, 0.29) is 18.3 Å². The lowest BCUT2D eigenvalue weighted by Gasteiger charge is -2.03. The summed E-state index contributed by atoms with van der Waals surface area (Å²) in [5.74, 6) is 0.377. The van der Waals surface area contributed by atoms with E-state index >= 15 is 0 Å². The Balaban J connectivity index is 1.48. The van der Waals surface area contributed by atoms with E-state index in [9.17, 15) is 9.18 Å². The van der Waals surface area contributed by atoms with E-state index in [0.717, 1.165) is 6.54 Å². The second kappa shape index (κ2) is 6.83. The molecule has 1 aromatic carbocycles. The molecule has 0 atom stereocenters. The first-order valence-electron chi connectivity index (χ1n) is 7.27. The van der Waals surface area contributed by atoms with E-state index in [0.29, 0.717) is 28.0 Å². The van der Waals surface area contributed by atoms with Crippen molar-refractivity contribution in [3.8, 4) is 0 Å². The van der Waals surface area contributed by atoms with Crippen LogP contribution in [0, 0.1) is 11.7 Å². The van der Waals surface area contributed by atoms with E-state index in [1.807, 2.05) is 0 Å². The lowest BCUT2D eigenvalue weighted by Crippen LogP contribution is -2.31. The van der Waals surface area contributed by atoms with Crippen LogP contribution in [-0.4, -0.2) is 29.2 Å². The smallest absolute Gasteiger partial charge is 0.239 e. The second-order valence-electron chi connectivity index (χ2n) is 5.37. The molecule has 1 saturated carbocycles. The Morgan fingerprint density at radius 3 is 2.91 bits per heavy atom. The van der Waals surface area contributed by atoms with Gasteiger partial charge in [0, 0.05) is 13.0 Å². The molecule has 116 valence electrons. The Morgan fingerprint density at radius 2 is 2.14 bits per heavy atom. The van der Waals surface area contributed by atoms with Crippen LogP contribution in [0.5, 0.6) is 0 Å². The van der Waals surface area contributed by atoms with Gasteiger partial charge in [-0.05, 0) is 30.4 Å². The summed E-state index contributed by atoms with van der Waals surface area (Å²) in [7, 11) is 0. The number of carbonyl (C=O) groups is 1. The molecule has 3 rings (SSSR count). The first kappa shape index (κ1) is 14.9. The molecular formula is C15H17FN4OS. The van der Waals surface area contributed by atoms with Gasteiger partial charge in [-0.1, -0.05) is 29.5 Å². The number of nitrogens with one attached hydrogen (secondary N) is 2. The Bertz CT molecular complexity index is 656. The highest BCUT2D eigenvalue weighted by Gasteiger charge is 2.21. The molecule has 1 fully saturated rings. The van der Waals surface area contributed by atoms with Gasteiger partial charge in [0.05, 0.1) is 6.54 Å². The number of aromatic nitrogens is 2. The Kier molecular flexibility index (Phi) is 4.62. The molecule has 0 unspecified atom stereocenters. The minimum atomic E-state index is -0.244. The first-order chi connectivity index (χ1) is 10.7. The van der Waals surface area contributed by atoms with Crippen molar-refractivity contribution in [2.24, 2.45) is 5.92 Å². The molecule has 1 aliphatic carbocycles. The van der Waals surface area contributed by atoms with Crippen molar-refractivity contribution in [2.75, 3.05) is 18.4 Å². The van der Waals surface area contributed by atoms with Gasteiger partial charge in [-0.2, -0.15) is 0 Å². The molecule has 2 N–H and O–H groups in total. The molecule has 2 aromatic rings. The summed E-state index contributed by atoms with van der Waals surface area (Å²) in [6, 6.07) is 6.61. The molecule has 1 aromatic heterocycles. The predicted octanol–water partition coefficient (Wildman–Crippen LogP) is 2.21. The van der Waals surface area contributed by atoms with E-state index in [1.54, 1.807) is 18.2 Å². The molecule has 0 saturated heterocycles. The SMILES string of the molecule is O=C(CNc1nnc(Cc2ccccc2F)s1)NCC1CC1. The van der Waals surface area contributed by atoms with Gasteiger partial charge in [-0.25, -0.2) is 4.39 Å². The maximum atomic E-state index is 13.6. The highest BCUT2D eigenvalue weighted by atomic mass is 32.1. The second-order valence-corrected chi connectivity index (χ2v) is 6.43. The van der Waals surface area contributed by atoms with Crippen molar-refractivity contribution in [2.45, 2.75) is 19.3 Å². The van der Waals surface area contributed by atoms with E-state index in [1.165, 1.54) is 30.2 Å². The summed E-state index contributed by atoms with van der Waals surface area (Å²) >= 11 is 1.34. The summed E-state index contributed by atoms with van der Waals surface area (Å²) in [5, 5.41) is 15.1. The van der Waals surface area contributed by atoms with Crippen LogP contribution in [0.1, 0.15) is 23.4 Å². The number of anilines is 1. The average molecular weight is 320 g/mol. The number of hydrogen-bond acceptors (Lipinski definition) is 5. The van der Waals surface area contributed by atoms with Crippen LogP contribution in [0.2, 0.25) is 0 Å². The maximum Gasteiger partial charge on any atom is 0.239 e. The number of benzene rings is 1. The zero-order valence-electron chi connectivity index (χ0n) is 12.0. The number of hydrogen-bond donors (Lipinski definition) is 2. The minimum Gasteiger partial charge on any atom is -0.354 e. The zero-order chi connectivity index (χ0) is 15.4. The molecule has 0 bridgehead atoms. The van der Waals surface area contributed by atoms with Crippen LogP contribution in [-0.2, 0) is 11.2 Å². The Morgan fingerprint density at radius 1 is 1.32 bits per heavy atom. The lowest BCUT2D eigenvalue weighted by atomic mass is 10.1. The quantitative estimate of drug-likeness (QED) is 0.821. The van der Waals surface area contributed by atoms with Gasteiger partial charge in [-0.3, -0.25) is 4.79 Å². The summed E-state index contributed by atoms with van der Waals surface area (Å²) in [4.78, 5) is 11.6. The fraction of sp³-hybridized carbons (Fsp3) is 0.400. The summed E-state index contributed by atoms with van der Waals surface area (Å²) in [6.45, 7) is 0.941. The van der Waals surface area contributed by atoms with Crippen LogP contribution in [0.15, 0.2) is 24.3 Å². The Hall–Kier alpha value is -2.02. The average Bonchev–Trinajstić information content (AvgIpc) is 3.24. The topological polar surface area (TPSA) is 66.9 Å². The maximum absolute atomic E-state index is 13.6. The van der Waals surface area contributed by atoms with Crippen molar-refractivity contribution in [3.63, 3.8) is 0 Å². The van der Waals surface area contributed by atoms with E-state index in [2.05, 4.69) is 20.8 Å². The van der Waals surface area contributed by atoms with Crippen LogP contribution in [0.3, 0.4) is 0 Å². The van der Waals surface area contributed by atoms with Gasteiger partial charge in [0.1, 0.15) is 10.8 Å². The van der Waals surface area contributed by atoms with Crippen LogP contribution >= 0.6 is 11.3 Å². The predicted molar refractivity (Wildman–Crippen MR) is 83.3 cm³/mol. The number of rotatable bonds is 7. The van der Waals surface area contributed by atoms with Crippen molar-refractivity contribution < 1.29 is 9.18 Å². The van der Waals surface area contributed by atoms with E-state index < -0.39 is 0 Å².